The fraction of sp³-hybridized carbons (Fsp3) is 0.154. The van der Waals surface area contributed by atoms with E-state index in [0.29, 0.717) is 12.2 Å². The van der Waals surface area contributed by atoms with Crippen molar-refractivity contribution in [2.75, 3.05) is 0 Å². The average molecular weight is 201 g/mol. The third-order valence-electron chi connectivity index (χ3n) is 2.26. The van der Waals surface area contributed by atoms with Crippen LogP contribution in [0.15, 0.2) is 42.5 Å². The summed E-state index contributed by atoms with van der Waals surface area (Å²) in [5.41, 5.74) is 0. The lowest BCUT2D eigenvalue weighted by atomic mass is 10.1. The Hall–Kier alpha value is -1.54. The molecule has 0 heterocycles. The van der Waals surface area contributed by atoms with E-state index < -0.39 is 6.29 Å². The van der Waals surface area contributed by atoms with Crippen molar-refractivity contribution < 1.29 is 9.84 Å². The summed E-state index contributed by atoms with van der Waals surface area (Å²) in [4.78, 5) is 0. The van der Waals surface area contributed by atoms with E-state index in [4.69, 9.17) is 4.74 Å². The average Bonchev–Trinajstić information content (AvgIpc) is 2.29. The van der Waals surface area contributed by atoms with E-state index in [2.05, 4.69) is 6.92 Å². The van der Waals surface area contributed by atoms with Gasteiger partial charge in [-0.1, -0.05) is 36.4 Å². The molecule has 0 saturated heterocycles. The first-order valence-corrected chi connectivity index (χ1v) is 4.93. The fourth-order valence-corrected chi connectivity index (χ4v) is 1.50. The predicted octanol–water partition coefficient (Wildman–Crippen LogP) is 2.76. The van der Waals surface area contributed by atoms with Crippen LogP contribution in [-0.2, 0) is 0 Å². The van der Waals surface area contributed by atoms with Gasteiger partial charge in [-0.3, -0.25) is 0 Å². The van der Waals surface area contributed by atoms with Crippen LogP contribution < -0.4 is 4.74 Å². The van der Waals surface area contributed by atoms with Crippen LogP contribution >= 0.6 is 0 Å². The number of aliphatic hydroxyl groups is 1. The zero-order valence-corrected chi connectivity index (χ0v) is 8.39. The first-order chi connectivity index (χ1) is 7.31. The monoisotopic (exact) mass is 201 g/mol. The lowest BCUT2D eigenvalue weighted by Crippen LogP contribution is -2.13. The highest BCUT2D eigenvalue weighted by Gasteiger charge is 2.05. The van der Waals surface area contributed by atoms with Crippen LogP contribution in [0.3, 0.4) is 0 Å². The molecule has 0 aliphatic carbocycles. The number of rotatable bonds is 3. The molecule has 1 radical (unpaired) electrons. The summed E-state index contributed by atoms with van der Waals surface area (Å²) in [5.74, 6) is 0.698. The molecule has 2 heteroatoms. The van der Waals surface area contributed by atoms with Gasteiger partial charge in [0, 0.05) is 11.8 Å². The molecule has 2 aromatic carbocycles. The SMILES string of the molecule is [CH2]CC(O)Oc1cccc2ccccc12. The van der Waals surface area contributed by atoms with E-state index in [0.717, 1.165) is 10.8 Å². The molecule has 1 N–H and O–H groups in total. The number of benzene rings is 2. The predicted molar refractivity (Wildman–Crippen MR) is 60.6 cm³/mol. The first kappa shape index (κ1) is 9.99. The maximum absolute atomic E-state index is 9.39. The maximum atomic E-state index is 9.39. The highest BCUT2D eigenvalue weighted by molar-refractivity contribution is 5.88. The second-order valence-electron chi connectivity index (χ2n) is 3.34. The number of hydrogen-bond acceptors (Lipinski definition) is 2. The van der Waals surface area contributed by atoms with Crippen LogP contribution in [0.25, 0.3) is 10.8 Å². The molecule has 0 spiro atoms. The van der Waals surface area contributed by atoms with Crippen molar-refractivity contribution in [3.63, 3.8) is 0 Å². The molecule has 0 saturated carbocycles. The van der Waals surface area contributed by atoms with Gasteiger partial charge in [0.05, 0.1) is 0 Å². The Morgan fingerprint density at radius 1 is 1.13 bits per heavy atom. The maximum Gasteiger partial charge on any atom is 0.197 e. The molecule has 2 rings (SSSR count). The normalized spacial score (nSPS) is 12.7. The largest absolute Gasteiger partial charge is 0.465 e. The number of hydrogen-bond donors (Lipinski definition) is 1. The van der Waals surface area contributed by atoms with Gasteiger partial charge in [-0.05, 0) is 18.4 Å². The standard InChI is InChI=1S/C13H13O2/c1-2-13(14)15-12-9-5-7-10-6-3-4-8-11(10)12/h3-9,13-14H,1-2H2. The lowest BCUT2D eigenvalue weighted by molar-refractivity contribution is -0.0131. The summed E-state index contributed by atoms with van der Waals surface area (Å²) < 4.78 is 5.37. The smallest absolute Gasteiger partial charge is 0.197 e. The Kier molecular flexibility index (Phi) is 2.88. The molecule has 2 aromatic rings. The van der Waals surface area contributed by atoms with Gasteiger partial charge in [-0.25, -0.2) is 0 Å². The van der Waals surface area contributed by atoms with E-state index in [1.165, 1.54) is 0 Å². The Labute approximate surface area is 89.1 Å². The summed E-state index contributed by atoms with van der Waals surface area (Å²) in [5, 5.41) is 11.5. The second kappa shape index (κ2) is 4.32. The van der Waals surface area contributed by atoms with Crippen molar-refractivity contribution >= 4 is 10.8 Å². The quantitative estimate of drug-likeness (QED) is 0.774. The molecule has 15 heavy (non-hydrogen) atoms. The third kappa shape index (κ3) is 2.10. The molecule has 0 aliphatic rings. The summed E-state index contributed by atoms with van der Waals surface area (Å²) in [6.45, 7) is 3.59. The Morgan fingerprint density at radius 3 is 2.67 bits per heavy atom. The minimum atomic E-state index is -0.837. The third-order valence-corrected chi connectivity index (χ3v) is 2.26. The molecule has 0 fully saturated rings. The molecule has 77 valence electrons. The Morgan fingerprint density at radius 2 is 1.87 bits per heavy atom. The summed E-state index contributed by atoms with van der Waals surface area (Å²) in [6.07, 6.45) is -0.501. The van der Waals surface area contributed by atoms with Gasteiger partial charge in [0.15, 0.2) is 6.29 Å². The van der Waals surface area contributed by atoms with Crippen LogP contribution in [0, 0.1) is 6.92 Å². The first-order valence-electron chi connectivity index (χ1n) is 4.93. The van der Waals surface area contributed by atoms with Gasteiger partial charge in [-0.15, -0.1) is 0 Å². The Balaban J connectivity index is 2.42. The zero-order valence-electron chi connectivity index (χ0n) is 8.39. The minimum Gasteiger partial charge on any atom is -0.465 e. The molecular formula is C13H13O2. The van der Waals surface area contributed by atoms with Crippen LogP contribution in [0.2, 0.25) is 0 Å². The molecule has 0 bridgehead atoms. The van der Waals surface area contributed by atoms with Gasteiger partial charge in [0.1, 0.15) is 5.75 Å². The molecule has 0 aromatic heterocycles. The fourth-order valence-electron chi connectivity index (χ4n) is 1.50. The summed E-state index contributed by atoms with van der Waals surface area (Å²) >= 11 is 0. The molecule has 2 nitrogen and oxygen atoms in total. The molecule has 1 atom stereocenters. The van der Waals surface area contributed by atoms with Gasteiger partial charge >= 0.3 is 0 Å². The van der Waals surface area contributed by atoms with Crippen LogP contribution in [0.5, 0.6) is 5.75 Å². The van der Waals surface area contributed by atoms with Crippen molar-refractivity contribution in [3.8, 4) is 5.75 Å². The van der Waals surface area contributed by atoms with Crippen molar-refractivity contribution in [2.45, 2.75) is 12.7 Å². The second-order valence-corrected chi connectivity index (χ2v) is 3.34. The zero-order chi connectivity index (χ0) is 10.7. The van der Waals surface area contributed by atoms with E-state index >= 15 is 0 Å². The van der Waals surface area contributed by atoms with Crippen molar-refractivity contribution in [1.82, 2.24) is 0 Å². The van der Waals surface area contributed by atoms with E-state index in [9.17, 15) is 5.11 Å². The Bertz CT molecular complexity index is 446. The summed E-state index contributed by atoms with van der Waals surface area (Å²) in [6, 6.07) is 13.7. The van der Waals surface area contributed by atoms with Gasteiger partial charge in [0.2, 0.25) is 0 Å². The number of ether oxygens (including phenoxy) is 1. The lowest BCUT2D eigenvalue weighted by Gasteiger charge is -2.13. The molecule has 0 amide bonds. The van der Waals surface area contributed by atoms with Crippen LogP contribution in [-0.4, -0.2) is 11.4 Å². The topological polar surface area (TPSA) is 29.5 Å². The van der Waals surface area contributed by atoms with Crippen LogP contribution in [0.1, 0.15) is 6.42 Å². The molecular weight excluding hydrogens is 188 g/mol. The van der Waals surface area contributed by atoms with Crippen molar-refractivity contribution in [3.05, 3.63) is 49.4 Å². The number of aliphatic hydroxyl groups excluding tert-OH is 1. The highest BCUT2D eigenvalue weighted by atomic mass is 16.6. The van der Waals surface area contributed by atoms with E-state index in [-0.39, 0.29) is 0 Å². The molecule has 1 unspecified atom stereocenters. The van der Waals surface area contributed by atoms with Crippen LogP contribution in [0.4, 0.5) is 0 Å². The van der Waals surface area contributed by atoms with E-state index in [1.807, 2.05) is 42.5 Å². The number of fused-ring (bicyclic) bond motifs is 1. The highest BCUT2D eigenvalue weighted by Crippen LogP contribution is 2.25. The van der Waals surface area contributed by atoms with Gasteiger partial charge in [-0.2, -0.15) is 0 Å². The van der Waals surface area contributed by atoms with Crippen molar-refractivity contribution in [1.29, 1.82) is 0 Å². The summed E-state index contributed by atoms with van der Waals surface area (Å²) in [7, 11) is 0. The van der Waals surface area contributed by atoms with Gasteiger partial charge < -0.3 is 9.84 Å². The molecule has 0 aliphatic heterocycles. The minimum absolute atomic E-state index is 0.337. The van der Waals surface area contributed by atoms with Gasteiger partial charge in [0.25, 0.3) is 0 Å². The van der Waals surface area contributed by atoms with Crippen molar-refractivity contribution in [2.24, 2.45) is 0 Å². The van der Waals surface area contributed by atoms with E-state index in [1.54, 1.807) is 0 Å².